The molecule has 1 amide bonds. The lowest BCUT2D eigenvalue weighted by Gasteiger charge is -2.30. The normalized spacial score (nSPS) is 15.8. The summed E-state index contributed by atoms with van der Waals surface area (Å²) in [5.74, 6) is -0.474. The number of carbonyl (C=O) groups excluding carboxylic acids is 1. The second-order valence-corrected chi connectivity index (χ2v) is 12.5. The Balaban J connectivity index is 1.63. The quantitative estimate of drug-likeness (QED) is 0.324. The standard InChI is InChI=1S/C25H29Cl2N3O4S2/c1-3-34-16-15-30-23-21(14-13-20(26)22(23)27)35-25(30)28-24(31)17-9-11-19(12-10-17)36(32,33)29(2)18-7-5-4-6-8-18/h9-14,18H,3-8,15-16H2,1-2H3. The first-order valence-corrected chi connectivity index (χ1v) is 15.0. The molecule has 4 rings (SSSR count). The fraction of sp³-hybridized carbons (Fsp3) is 0.440. The molecule has 0 bridgehead atoms. The van der Waals surface area contributed by atoms with Gasteiger partial charge in [-0.1, -0.05) is 53.8 Å². The molecule has 1 aromatic heterocycles. The van der Waals surface area contributed by atoms with Crippen LogP contribution in [0.1, 0.15) is 49.4 Å². The molecule has 2 aromatic carbocycles. The van der Waals surface area contributed by atoms with Crippen molar-refractivity contribution in [1.29, 1.82) is 0 Å². The van der Waals surface area contributed by atoms with E-state index in [1.54, 1.807) is 13.1 Å². The van der Waals surface area contributed by atoms with Crippen molar-refractivity contribution in [1.82, 2.24) is 8.87 Å². The van der Waals surface area contributed by atoms with E-state index in [0.29, 0.717) is 45.7 Å². The predicted molar refractivity (Wildman–Crippen MR) is 144 cm³/mol. The molecule has 1 saturated carbocycles. The number of carbonyl (C=O) groups is 1. The topological polar surface area (TPSA) is 81.0 Å². The van der Waals surface area contributed by atoms with Gasteiger partial charge in [-0.15, -0.1) is 0 Å². The van der Waals surface area contributed by atoms with Crippen LogP contribution in [0.3, 0.4) is 0 Å². The van der Waals surface area contributed by atoms with Gasteiger partial charge in [-0.05, 0) is 56.2 Å². The number of hydrogen-bond acceptors (Lipinski definition) is 5. The van der Waals surface area contributed by atoms with Gasteiger partial charge in [-0.2, -0.15) is 9.30 Å². The Morgan fingerprint density at radius 1 is 1.14 bits per heavy atom. The van der Waals surface area contributed by atoms with Crippen LogP contribution in [0.5, 0.6) is 0 Å². The highest BCUT2D eigenvalue weighted by atomic mass is 35.5. The van der Waals surface area contributed by atoms with Gasteiger partial charge in [0.15, 0.2) is 4.80 Å². The Bertz CT molecular complexity index is 1410. The predicted octanol–water partition coefficient (Wildman–Crippen LogP) is 5.74. The van der Waals surface area contributed by atoms with Crippen molar-refractivity contribution < 1.29 is 17.9 Å². The first-order chi connectivity index (χ1) is 17.2. The van der Waals surface area contributed by atoms with Gasteiger partial charge in [-0.25, -0.2) is 8.42 Å². The Kier molecular flexibility index (Phi) is 8.91. The number of thiazole rings is 1. The average Bonchev–Trinajstić information content (AvgIpc) is 3.24. The zero-order chi connectivity index (χ0) is 25.9. The van der Waals surface area contributed by atoms with Gasteiger partial charge in [0.25, 0.3) is 5.91 Å². The molecule has 0 spiro atoms. The molecule has 1 heterocycles. The number of ether oxygens (including phenoxy) is 1. The van der Waals surface area contributed by atoms with Crippen molar-refractivity contribution in [3.8, 4) is 0 Å². The molecule has 36 heavy (non-hydrogen) atoms. The van der Waals surface area contributed by atoms with Crippen LogP contribution in [0.4, 0.5) is 0 Å². The van der Waals surface area contributed by atoms with Crippen LogP contribution in [0, 0.1) is 0 Å². The third-order valence-electron chi connectivity index (χ3n) is 6.46. The number of nitrogens with zero attached hydrogens (tertiary/aromatic N) is 3. The summed E-state index contributed by atoms with van der Waals surface area (Å²) in [5, 5.41) is 0.812. The van der Waals surface area contributed by atoms with Crippen LogP contribution in [0.15, 0.2) is 46.3 Å². The summed E-state index contributed by atoms with van der Waals surface area (Å²) in [7, 11) is -2.00. The first kappa shape index (κ1) is 27.3. The number of sulfonamides is 1. The smallest absolute Gasteiger partial charge is 0.279 e. The zero-order valence-corrected chi connectivity index (χ0v) is 23.4. The summed E-state index contributed by atoms with van der Waals surface area (Å²) in [6.45, 7) is 3.35. The van der Waals surface area contributed by atoms with Gasteiger partial charge in [0, 0.05) is 31.8 Å². The van der Waals surface area contributed by atoms with Crippen molar-refractivity contribution in [2.24, 2.45) is 4.99 Å². The van der Waals surface area contributed by atoms with Crippen LogP contribution < -0.4 is 4.80 Å². The Hall–Kier alpha value is -1.75. The summed E-state index contributed by atoms with van der Waals surface area (Å²) in [6, 6.07) is 9.54. The van der Waals surface area contributed by atoms with E-state index in [4.69, 9.17) is 27.9 Å². The van der Waals surface area contributed by atoms with E-state index in [2.05, 4.69) is 4.99 Å². The molecule has 0 unspecified atom stereocenters. The van der Waals surface area contributed by atoms with Gasteiger partial charge in [0.05, 0.1) is 31.8 Å². The average molecular weight is 571 g/mol. The van der Waals surface area contributed by atoms with Crippen molar-refractivity contribution in [2.45, 2.75) is 56.5 Å². The minimum atomic E-state index is -3.64. The van der Waals surface area contributed by atoms with Crippen LogP contribution in [-0.4, -0.2) is 49.5 Å². The monoisotopic (exact) mass is 569 g/mol. The van der Waals surface area contributed by atoms with Crippen LogP contribution in [0.2, 0.25) is 10.0 Å². The van der Waals surface area contributed by atoms with Gasteiger partial charge < -0.3 is 9.30 Å². The highest BCUT2D eigenvalue weighted by Crippen LogP contribution is 2.32. The zero-order valence-electron chi connectivity index (χ0n) is 20.2. The third kappa shape index (κ3) is 5.71. The van der Waals surface area contributed by atoms with E-state index in [9.17, 15) is 13.2 Å². The van der Waals surface area contributed by atoms with E-state index in [1.165, 1.54) is 39.9 Å². The lowest BCUT2D eigenvalue weighted by molar-refractivity contribution is 0.0996. The Labute approximate surface area is 225 Å². The number of aromatic nitrogens is 1. The first-order valence-electron chi connectivity index (χ1n) is 12.0. The van der Waals surface area contributed by atoms with Crippen LogP contribution in [-0.2, 0) is 21.3 Å². The number of fused-ring (bicyclic) bond motifs is 1. The molecule has 3 aromatic rings. The number of rotatable bonds is 8. The molecular weight excluding hydrogens is 541 g/mol. The van der Waals surface area contributed by atoms with Crippen molar-refractivity contribution in [3.63, 3.8) is 0 Å². The van der Waals surface area contributed by atoms with Crippen molar-refractivity contribution in [2.75, 3.05) is 20.3 Å². The molecule has 0 atom stereocenters. The minimum absolute atomic E-state index is 0.0143. The van der Waals surface area contributed by atoms with Gasteiger partial charge in [-0.3, -0.25) is 4.79 Å². The van der Waals surface area contributed by atoms with E-state index in [-0.39, 0.29) is 10.9 Å². The highest BCUT2D eigenvalue weighted by Gasteiger charge is 2.29. The molecule has 0 saturated heterocycles. The summed E-state index contributed by atoms with van der Waals surface area (Å²) in [4.78, 5) is 18.0. The lowest BCUT2D eigenvalue weighted by atomic mass is 9.96. The summed E-state index contributed by atoms with van der Waals surface area (Å²) in [5.41, 5.74) is 1.000. The Morgan fingerprint density at radius 2 is 1.83 bits per heavy atom. The molecule has 7 nitrogen and oxygen atoms in total. The molecule has 1 aliphatic carbocycles. The largest absolute Gasteiger partial charge is 0.380 e. The van der Waals surface area contributed by atoms with Gasteiger partial charge in [0.2, 0.25) is 10.0 Å². The van der Waals surface area contributed by atoms with Crippen molar-refractivity contribution in [3.05, 3.63) is 56.8 Å². The SMILES string of the molecule is CCOCCn1c(=NC(=O)c2ccc(S(=O)(=O)N(C)C3CCCCC3)cc2)sc2ccc(Cl)c(Cl)c21. The molecular formula is C25H29Cl2N3O4S2. The fourth-order valence-corrected chi connectivity index (χ4v) is 7.38. The molecule has 11 heteroatoms. The maximum absolute atomic E-state index is 13.1. The van der Waals surface area contributed by atoms with E-state index < -0.39 is 15.9 Å². The van der Waals surface area contributed by atoms with Gasteiger partial charge in [0.1, 0.15) is 0 Å². The van der Waals surface area contributed by atoms with E-state index in [0.717, 1.165) is 36.8 Å². The Morgan fingerprint density at radius 3 is 2.50 bits per heavy atom. The second-order valence-electron chi connectivity index (χ2n) is 8.70. The molecule has 1 aliphatic rings. The maximum atomic E-state index is 13.1. The van der Waals surface area contributed by atoms with Crippen LogP contribution in [0.25, 0.3) is 10.2 Å². The lowest BCUT2D eigenvalue weighted by Crippen LogP contribution is -2.38. The fourth-order valence-electron chi connectivity index (χ4n) is 4.42. The maximum Gasteiger partial charge on any atom is 0.279 e. The number of amides is 1. The third-order valence-corrected chi connectivity index (χ3v) is 10.2. The number of halogens is 2. The molecule has 1 fully saturated rings. The summed E-state index contributed by atoms with van der Waals surface area (Å²) in [6.07, 6.45) is 4.98. The summed E-state index contributed by atoms with van der Waals surface area (Å²) >= 11 is 14.0. The molecule has 0 N–H and O–H groups in total. The summed E-state index contributed by atoms with van der Waals surface area (Å²) < 4.78 is 35.9. The van der Waals surface area contributed by atoms with Gasteiger partial charge >= 0.3 is 0 Å². The van der Waals surface area contributed by atoms with Crippen LogP contribution >= 0.6 is 34.5 Å². The molecule has 0 aliphatic heterocycles. The minimum Gasteiger partial charge on any atom is -0.380 e. The molecule has 194 valence electrons. The van der Waals surface area contributed by atoms with Crippen molar-refractivity contribution >= 4 is 60.7 Å². The highest BCUT2D eigenvalue weighted by molar-refractivity contribution is 7.89. The van der Waals surface area contributed by atoms with E-state index in [1.807, 2.05) is 17.6 Å². The van der Waals surface area contributed by atoms with E-state index >= 15 is 0 Å². The number of hydrogen-bond donors (Lipinski definition) is 0. The number of benzene rings is 2. The molecule has 0 radical (unpaired) electrons. The second kappa shape index (κ2) is 11.8.